The third kappa shape index (κ3) is 2.25. The molecule has 0 aromatic heterocycles. The van der Waals surface area contributed by atoms with E-state index in [1.807, 2.05) is 0 Å². The standard InChI is InChI=1S/C3H6FNO3S/c4-2-1-3(2)5-9(6,7)8/h2-3,5H,1H2,(H,6,7,8). The predicted molar refractivity (Wildman–Crippen MR) is 28.0 cm³/mol. The van der Waals surface area contributed by atoms with Crippen molar-refractivity contribution in [2.24, 2.45) is 0 Å². The lowest BCUT2D eigenvalue weighted by Crippen LogP contribution is -2.26. The molecule has 0 aromatic rings. The molecule has 0 spiro atoms. The van der Waals surface area contributed by atoms with E-state index in [0.717, 1.165) is 0 Å². The number of halogens is 1. The Bertz CT molecular complexity index is 201. The molecule has 1 rings (SSSR count). The van der Waals surface area contributed by atoms with E-state index < -0.39 is 22.5 Å². The van der Waals surface area contributed by atoms with E-state index >= 15 is 0 Å². The molecular weight excluding hydrogens is 149 g/mol. The SMILES string of the molecule is O=S(=O)(O)NC1CC1F. The Morgan fingerprint density at radius 1 is 1.67 bits per heavy atom. The fraction of sp³-hybridized carbons (Fsp3) is 1.00. The summed E-state index contributed by atoms with van der Waals surface area (Å²) < 4.78 is 41.4. The Morgan fingerprint density at radius 2 is 2.11 bits per heavy atom. The molecule has 1 fully saturated rings. The van der Waals surface area contributed by atoms with E-state index in [0.29, 0.717) is 0 Å². The first-order valence-electron chi connectivity index (χ1n) is 2.38. The van der Waals surface area contributed by atoms with E-state index in [-0.39, 0.29) is 6.42 Å². The van der Waals surface area contributed by atoms with Crippen LogP contribution in [0.3, 0.4) is 0 Å². The molecule has 2 atom stereocenters. The van der Waals surface area contributed by atoms with Gasteiger partial charge in [0.2, 0.25) is 0 Å². The first kappa shape index (κ1) is 6.91. The van der Waals surface area contributed by atoms with Crippen molar-refractivity contribution < 1.29 is 17.4 Å². The summed E-state index contributed by atoms with van der Waals surface area (Å²) in [5.41, 5.74) is 0. The molecule has 0 aromatic carbocycles. The normalized spacial score (nSPS) is 34.4. The lowest BCUT2D eigenvalue weighted by Gasteiger charge is -1.93. The lowest BCUT2D eigenvalue weighted by molar-refractivity contribution is 0.438. The van der Waals surface area contributed by atoms with Crippen LogP contribution in [0.5, 0.6) is 0 Å². The van der Waals surface area contributed by atoms with Crippen molar-refractivity contribution in [3.8, 4) is 0 Å². The number of hydrogen-bond donors (Lipinski definition) is 2. The van der Waals surface area contributed by atoms with Crippen molar-refractivity contribution in [1.82, 2.24) is 4.72 Å². The summed E-state index contributed by atoms with van der Waals surface area (Å²) in [6.07, 6.45) is -0.952. The minimum absolute atomic E-state index is 0.166. The molecule has 54 valence electrons. The topological polar surface area (TPSA) is 66.4 Å². The average Bonchev–Trinajstić information content (AvgIpc) is 2.13. The van der Waals surface area contributed by atoms with Gasteiger partial charge in [0.1, 0.15) is 6.17 Å². The minimum Gasteiger partial charge on any atom is -0.273 e. The number of alkyl halides is 1. The Morgan fingerprint density at radius 3 is 2.22 bits per heavy atom. The van der Waals surface area contributed by atoms with Crippen LogP contribution in [-0.4, -0.2) is 25.2 Å². The Kier molecular flexibility index (Phi) is 1.45. The van der Waals surface area contributed by atoms with Crippen LogP contribution in [0, 0.1) is 0 Å². The van der Waals surface area contributed by atoms with E-state index in [9.17, 15) is 12.8 Å². The molecule has 1 aliphatic carbocycles. The van der Waals surface area contributed by atoms with Gasteiger partial charge in [0.25, 0.3) is 0 Å². The van der Waals surface area contributed by atoms with E-state index in [1.54, 1.807) is 4.72 Å². The zero-order chi connectivity index (χ0) is 7.07. The first-order valence-corrected chi connectivity index (χ1v) is 3.82. The maximum absolute atomic E-state index is 11.9. The van der Waals surface area contributed by atoms with Crippen LogP contribution < -0.4 is 4.72 Å². The highest BCUT2D eigenvalue weighted by atomic mass is 32.2. The summed E-state index contributed by atoms with van der Waals surface area (Å²) in [7, 11) is -4.18. The summed E-state index contributed by atoms with van der Waals surface area (Å²) in [6, 6.07) is -0.694. The van der Waals surface area contributed by atoms with Gasteiger partial charge in [0.15, 0.2) is 0 Å². The van der Waals surface area contributed by atoms with E-state index in [1.165, 1.54) is 0 Å². The van der Waals surface area contributed by atoms with Gasteiger partial charge in [-0.2, -0.15) is 13.1 Å². The van der Waals surface area contributed by atoms with Crippen molar-refractivity contribution in [3.63, 3.8) is 0 Å². The van der Waals surface area contributed by atoms with Crippen LogP contribution >= 0.6 is 0 Å². The first-order chi connectivity index (χ1) is 3.99. The lowest BCUT2D eigenvalue weighted by atomic mass is 10.8. The van der Waals surface area contributed by atoms with Crippen molar-refractivity contribution in [2.75, 3.05) is 0 Å². The van der Waals surface area contributed by atoms with Gasteiger partial charge in [0.05, 0.1) is 6.04 Å². The third-order valence-corrected chi connectivity index (χ3v) is 1.61. The van der Waals surface area contributed by atoms with Crippen molar-refractivity contribution in [3.05, 3.63) is 0 Å². The van der Waals surface area contributed by atoms with Crippen LogP contribution in [0.25, 0.3) is 0 Å². The number of nitrogens with one attached hydrogen (secondary N) is 1. The van der Waals surface area contributed by atoms with Crippen LogP contribution in [-0.2, 0) is 10.3 Å². The zero-order valence-corrected chi connectivity index (χ0v) is 5.23. The molecule has 0 radical (unpaired) electrons. The molecule has 0 saturated heterocycles. The zero-order valence-electron chi connectivity index (χ0n) is 4.41. The van der Waals surface area contributed by atoms with Gasteiger partial charge in [-0.1, -0.05) is 0 Å². The third-order valence-electron chi connectivity index (χ3n) is 1.01. The van der Waals surface area contributed by atoms with Crippen molar-refractivity contribution in [2.45, 2.75) is 18.6 Å². The van der Waals surface area contributed by atoms with Crippen molar-refractivity contribution >= 4 is 10.3 Å². The molecule has 2 unspecified atom stereocenters. The van der Waals surface area contributed by atoms with Gasteiger partial charge in [-0.3, -0.25) is 4.55 Å². The molecule has 0 heterocycles. The summed E-state index contributed by atoms with van der Waals surface area (Å²) >= 11 is 0. The summed E-state index contributed by atoms with van der Waals surface area (Å²) in [4.78, 5) is 0. The Labute approximate surface area is 51.9 Å². The van der Waals surface area contributed by atoms with Crippen molar-refractivity contribution in [1.29, 1.82) is 0 Å². The smallest absolute Gasteiger partial charge is 0.273 e. The van der Waals surface area contributed by atoms with Gasteiger partial charge in [0, 0.05) is 0 Å². The Balaban J connectivity index is 2.37. The Hall–Kier alpha value is -0.200. The molecule has 1 saturated carbocycles. The molecule has 4 nitrogen and oxygen atoms in total. The molecule has 0 aliphatic heterocycles. The monoisotopic (exact) mass is 155 g/mol. The molecule has 6 heteroatoms. The predicted octanol–water partition coefficient (Wildman–Crippen LogP) is -0.511. The molecule has 2 N–H and O–H groups in total. The maximum Gasteiger partial charge on any atom is 0.333 e. The number of rotatable bonds is 2. The fourth-order valence-corrected chi connectivity index (χ4v) is 1.10. The summed E-state index contributed by atoms with van der Waals surface area (Å²) in [6.45, 7) is 0. The summed E-state index contributed by atoms with van der Waals surface area (Å²) in [5, 5.41) is 0. The minimum atomic E-state index is -4.18. The van der Waals surface area contributed by atoms with Crippen LogP contribution in [0.4, 0.5) is 4.39 Å². The van der Waals surface area contributed by atoms with Gasteiger partial charge >= 0.3 is 10.3 Å². The fourth-order valence-electron chi connectivity index (χ4n) is 0.477. The second-order valence-corrected chi connectivity index (χ2v) is 3.14. The van der Waals surface area contributed by atoms with Gasteiger partial charge < -0.3 is 0 Å². The molecular formula is C3H6FNO3S. The second kappa shape index (κ2) is 1.89. The van der Waals surface area contributed by atoms with Gasteiger partial charge in [-0.05, 0) is 6.42 Å². The average molecular weight is 155 g/mol. The highest BCUT2D eigenvalue weighted by molar-refractivity contribution is 7.83. The van der Waals surface area contributed by atoms with Crippen LogP contribution in [0.2, 0.25) is 0 Å². The quantitative estimate of drug-likeness (QED) is 0.528. The highest BCUT2D eigenvalue weighted by Gasteiger charge is 2.39. The highest BCUT2D eigenvalue weighted by Crippen LogP contribution is 2.25. The molecule has 1 aliphatic rings. The van der Waals surface area contributed by atoms with E-state index in [2.05, 4.69) is 0 Å². The molecule has 0 amide bonds. The molecule has 0 bridgehead atoms. The molecule has 9 heavy (non-hydrogen) atoms. The summed E-state index contributed by atoms with van der Waals surface area (Å²) in [5.74, 6) is 0. The van der Waals surface area contributed by atoms with Crippen LogP contribution in [0.1, 0.15) is 6.42 Å². The second-order valence-electron chi connectivity index (χ2n) is 1.95. The van der Waals surface area contributed by atoms with E-state index in [4.69, 9.17) is 4.55 Å². The largest absolute Gasteiger partial charge is 0.333 e. The van der Waals surface area contributed by atoms with Gasteiger partial charge in [-0.25, -0.2) is 4.39 Å². The maximum atomic E-state index is 11.9. The van der Waals surface area contributed by atoms with Crippen LogP contribution in [0.15, 0.2) is 0 Å². The van der Waals surface area contributed by atoms with Gasteiger partial charge in [-0.15, -0.1) is 0 Å². The number of hydrogen-bond acceptors (Lipinski definition) is 2.